The predicted molar refractivity (Wildman–Crippen MR) is 89.4 cm³/mol. The Bertz CT molecular complexity index is 710. The maximum Gasteiger partial charge on any atom is 0.234 e. The number of hydrogen-bond acceptors (Lipinski definition) is 4. The number of carbonyl (C=O) groups excluding carboxylic acids is 3. The first kappa shape index (κ1) is 16.1. The minimum atomic E-state index is -0.452. The highest BCUT2D eigenvalue weighted by atomic mass is 16.2. The third-order valence-electron chi connectivity index (χ3n) is 5.68. The average molecular weight is 342 g/mol. The zero-order chi connectivity index (χ0) is 17.6. The molecule has 3 fully saturated rings. The van der Waals surface area contributed by atoms with Gasteiger partial charge in [0.1, 0.15) is 0 Å². The summed E-state index contributed by atoms with van der Waals surface area (Å²) in [6.07, 6.45) is 3.67. The molecule has 132 valence electrons. The number of nitrogens with zero attached hydrogens (tertiary/aromatic N) is 3. The minimum absolute atomic E-state index is 0.0107. The molecule has 2 saturated heterocycles. The number of hydrogen-bond donors (Lipinski definition) is 1. The van der Waals surface area contributed by atoms with Crippen LogP contribution in [0.2, 0.25) is 0 Å². The van der Waals surface area contributed by atoms with Gasteiger partial charge in [0, 0.05) is 39.3 Å². The number of rotatable bonds is 4. The van der Waals surface area contributed by atoms with Gasteiger partial charge in [-0.15, -0.1) is 0 Å². The fourth-order valence-electron chi connectivity index (χ4n) is 3.94. The number of aromatic nitrogens is 1. The molecule has 1 aromatic rings. The van der Waals surface area contributed by atoms with E-state index in [-0.39, 0.29) is 36.1 Å². The SMILES string of the molecule is CNC(=O)C1CC(=O)N(C2CN(C(=O)C3(c4ccccn4)CC3)C2)C1. The van der Waals surface area contributed by atoms with Crippen molar-refractivity contribution in [3.05, 3.63) is 30.1 Å². The van der Waals surface area contributed by atoms with Crippen molar-refractivity contribution in [2.75, 3.05) is 26.7 Å². The molecule has 0 aromatic carbocycles. The number of likely N-dealkylation sites (tertiary alicyclic amines) is 2. The fraction of sp³-hybridized carbons (Fsp3) is 0.556. The zero-order valence-electron chi connectivity index (χ0n) is 14.3. The lowest BCUT2D eigenvalue weighted by atomic mass is 9.96. The van der Waals surface area contributed by atoms with E-state index in [2.05, 4.69) is 10.3 Å². The third kappa shape index (κ3) is 2.58. The van der Waals surface area contributed by atoms with Crippen LogP contribution >= 0.6 is 0 Å². The summed E-state index contributed by atoms with van der Waals surface area (Å²) in [6, 6.07) is 5.72. The molecule has 0 spiro atoms. The maximum atomic E-state index is 12.9. The van der Waals surface area contributed by atoms with Crippen LogP contribution < -0.4 is 5.32 Å². The van der Waals surface area contributed by atoms with Crippen molar-refractivity contribution in [2.24, 2.45) is 5.92 Å². The Balaban J connectivity index is 1.37. The van der Waals surface area contributed by atoms with Gasteiger partial charge in [0.15, 0.2) is 0 Å². The lowest BCUT2D eigenvalue weighted by Gasteiger charge is -2.45. The molecule has 1 N–H and O–H groups in total. The predicted octanol–water partition coefficient (Wildman–Crippen LogP) is -0.0815. The van der Waals surface area contributed by atoms with Crippen LogP contribution in [-0.4, -0.2) is 65.2 Å². The molecule has 0 radical (unpaired) electrons. The summed E-state index contributed by atoms with van der Waals surface area (Å²) in [4.78, 5) is 44.8. The normalized spacial score (nSPS) is 24.8. The van der Waals surface area contributed by atoms with E-state index in [1.807, 2.05) is 23.1 Å². The minimum Gasteiger partial charge on any atom is -0.359 e. The summed E-state index contributed by atoms with van der Waals surface area (Å²) >= 11 is 0. The molecule has 1 atom stereocenters. The van der Waals surface area contributed by atoms with Crippen molar-refractivity contribution in [1.82, 2.24) is 20.1 Å². The van der Waals surface area contributed by atoms with E-state index in [0.29, 0.717) is 19.6 Å². The van der Waals surface area contributed by atoms with Crippen LogP contribution in [0.25, 0.3) is 0 Å². The topological polar surface area (TPSA) is 82.6 Å². The molecule has 4 rings (SSSR count). The van der Waals surface area contributed by atoms with Crippen molar-refractivity contribution < 1.29 is 14.4 Å². The van der Waals surface area contributed by atoms with Gasteiger partial charge in [-0.2, -0.15) is 0 Å². The first-order valence-electron chi connectivity index (χ1n) is 8.77. The van der Waals surface area contributed by atoms with E-state index in [9.17, 15) is 14.4 Å². The van der Waals surface area contributed by atoms with E-state index in [0.717, 1.165) is 18.5 Å². The number of amides is 3. The second-order valence-corrected chi connectivity index (χ2v) is 7.22. The molecule has 0 bridgehead atoms. The van der Waals surface area contributed by atoms with Crippen LogP contribution in [0.15, 0.2) is 24.4 Å². The molecule has 3 heterocycles. The van der Waals surface area contributed by atoms with Crippen LogP contribution in [0.5, 0.6) is 0 Å². The van der Waals surface area contributed by atoms with E-state index in [4.69, 9.17) is 0 Å². The molecular weight excluding hydrogens is 320 g/mol. The number of pyridine rings is 1. The van der Waals surface area contributed by atoms with Crippen LogP contribution in [0.4, 0.5) is 0 Å². The highest BCUT2D eigenvalue weighted by Gasteiger charge is 2.56. The average Bonchev–Trinajstić information content (AvgIpc) is 3.32. The molecule has 1 saturated carbocycles. The Morgan fingerprint density at radius 3 is 2.60 bits per heavy atom. The Labute approximate surface area is 146 Å². The van der Waals surface area contributed by atoms with E-state index >= 15 is 0 Å². The quantitative estimate of drug-likeness (QED) is 0.830. The van der Waals surface area contributed by atoms with Crippen molar-refractivity contribution in [1.29, 1.82) is 0 Å². The van der Waals surface area contributed by atoms with Crippen molar-refractivity contribution in [3.8, 4) is 0 Å². The lowest BCUT2D eigenvalue weighted by molar-refractivity contribution is -0.146. The van der Waals surface area contributed by atoms with Gasteiger partial charge in [-0.25, -0.2) is 0 Å². The van der Waals surface area contributed by atoms with Gasteiger partial charge >= 0.3 is 0 Å². The van der Waals surface area contributed by atoms with Crippen molar-refractivity contribution in [3.63, 3.8) is 0 Å². The van der Waals surface area contributed by atoms with E-state index < -0.39 is 5.41 Å². The maximum absolute atomic E-state index is 12.9. The lowest BCUT2D eigenvalue weighted by Crippen LogP contribution is -2.63. The molecule has 7 heteroatoms. The molecule has 1 unspecified atom stereocenters. The van der Waals surface area contributed by atoms with Crippen LogP contribution in [0, 0.1) is 5.92 Å². The van der Waals surface area contributed by atoms with E-state index in [1.165, 1.54) is 0 Å². The highest BCUT2D eigenvalue weighted by molar-refractivity contribution is 5.92. The van der Waals surface area contributed by atoms with Crippen molar-refractivity contribution in [2.45, 2.75) is 30.7 Å². The second-order valence-electron chi connectivity index (χ2n) is 7.22. The second kappa shape index (κ2) is 5.82. The summed E-state index contributed by atoms with van der Waals surface area (Å²) in [7, 11) is 1.59. The molecule has 7 nitrogen and oxygen atoms in total. The Morgan fingerprint density at radius 2 is 2.00 bits per heavy atom. The molecule has 25 heavy (non-hydrogen) atoms. The molecule has 2 aliphatic heterocycles. The number of carbonyl (C=O) groups is 3. The molecular formula is C18H22N4O3. The Kier molecular flexibility index (Phi) is 3.74. The largest absolute Gasteiger partial charge is 0.359 e. The number of nitrogens with one attached hydrogen (secondary N) is 1. The standard InChI is InChI=1S/C18H22N4O3/c1-19-16(24)12-8-15(23)22(9-12)13-10-21(11-13)17(25)18(5-6-18)14-4-2-3-7-20-14/h2-4,7,12-13H,5-6,8-11H2,1H3,(H,19,24). The smallest absolute Gasteiger partial charge is 0.234 e. The van der Waals surface area contributed by atoms with Gasteiger partial charge in [-0.05, 0) is 25.0 Å². The molecule has 1 aromatic heterocycles. The zero-order valence-corrected chi connectivity index (χ0v) is 14.3. The third-order valence-corrected chi connectivity index (χ3v) is 5.68. The summed E-state index contributed by atoms with van der Waals surface area (Å²) in [6.45, 7) is 1.57. The highest BCUT2D eigenvalue weighted by Crippen LogP contribution is 2.49. The first-order valence-corrected chi connectivity index (χ1v) is 8.77. The summed E-state index contributed by atoms with van der Waals surface area (Å²) < 4.78 is 0. The van der Waals surface area contributed by atoms with Gasteiger partial charge in [-0.1, -0.05) is 6.07 Å². The monoisotopic (exact) mass is 342 g/mol. The van der Waals surface area contributed by atoms with Gasteiger partial charge < -0.3 is 15.1 Å². The fourth-order valence-corrected chi connectivity index (χ4v) is 3.94. The van der Waals surface area contributed by atoms with E-state index in [1.54, 1.807) is 18.1 Å². The summed E-state index contributed by atoms with van der Waals surface area (Å²) in [5, 5.41) is 2.61. The van der Waals surface area contributed by atoms with Crippen molar-refractivity contribution >= 4 is 17.7 Å². The molecule has 3 aliphatic rings. The molecule has 3 amide bonds. The van der Waals surface area contributed by atoms with Crippen LogP contribution in [0.3, 0.4) is 0 Å². The van der Waals surface area contributed by atoms with Crippen LogP contribution in [0.1, 0.15) is 25.0 Å². The summed E-state index contributed by atoms with van der Waals surface area (Å²) in [5.74, 6) is -0.228. The van der Waals surface area contributed by atoms with Gasteiger partial charge in [0.05, 0.1) is 23.1 Å². The Hall–Kier alpha value is -2.44. The van der Waals surface area contributed by atoms with Gasteiger partial charge in [0.2, 0.25) is 17.7 Å². The molecule has 1 aliphatic carbocycles. The van der Waals surface area contributed by atoms with Gasteiger partial charge in [-0.3, -0.25) is 19.4 Å². The van der Waals surface area contributed by atoms with Gasteiger partial charge in [0.25, 0.3) is 0 Å². The van der Waals surface area contributed by atoms with Crippen LogP contribution in [-0.2, 0) is 19.8 Å². The Morgan fingerprint density at radius 1 is 1.24 bits per heavy atom. The summed E-state index contributed by atoms with van der Waals surface area (Å²) in [5.41, 5.74) is 0.395. The first-order chi connectivity index (χ1) is 12.0.